The van der Waals surface area contributed by atoms with Crippen molar-refractivity contribution in [1.29, 1.82) is 0 Å². The summed E-state index contributed by atoms with van der Waals surface area (Å²) in [4.78, 5) is 21.2. The first kappa shape index (κ1) is 21.5. The van der Waals surface area contributed by atoms with Gasteiger partial charge in [-0.2, -0.15) is 0 Å². The topological polar surface area (TPSA) is 74.6 Å². The molecule has 0 spiro atoms. The van der Waals surface area contributed by atoms with E-state index in [4.69, 9.17) is 10.2 Å². The van der Waals surface area contributed by atoms with Crippen molar-refractivity contribution in [3.8, 4) is 0 Å². The molecular weight excluding hydrogens is 220 g/mol. The van der Waals surface area contributed by atoms with Gasteiger partial charge in [0, 0.05) is 37.9 Å². The van der Waals surface area contributed by atoms with Crippen LogP contribution < -0.4 is 0 Å². The Labute approximate surface area is 105 Å². The summed E-state index contributed by atoms with van der Waals surface area (Å²) in [6.45, 7) is 7.29. The standard InChI is InChI=1S/2C6H12O2.CH4/c2*1-5(2)6(8)3-4-7;/h2*5,7H,3-4H2,1-2H3;1H4. The van der Waals surface area contributed by atoms with Crippen molar-refractivity contribution in [2.24, 2.45) is 11.8 Å². The van der Waals surface area contributed by atoms with E-state index < -0.39 is 0 Å². The summed E-state index contributed by atoms with van der Waals surface area (Å²) in [6.07, 6.45) is 0.606. The minimum atomic E-state index is -0.0169. The van der Waals surface area contributed by atoms with E-state index in [0.717, 1.165) is 0 Å². The van der Waals surface area contributed by atoms with E-state index in [9.17, 15) is 9.59 Å². The Morgan fingerprint density at radius 1 is 0.824 bits per heavy atom. The molecule has 0 aromatic heterocycles. The lowest BCUT2D eigenvalue weighted by Crippen LogP contribution is -2.07. The molecule has 0 saturated heterocycles. The number of carbonyl (C=O) groups excluding carboxylic acids is 2. The zero-order valence-corrected chi connectivity index (χ0v) is 10.7. The molecule has 0 bridgehead atoms. The van der Waals surface area contributed by atoms with Gasteiger partial charge < -0.3 is 10.2 Å². The lowest BCUT2D eigenvalue weighted by atomic mass is 10.1. The SMILES string of the molecule is C.CC(C)C(=O)CCO.CC(C)C(=O)CCO. The minimum absolute atomic E-state index is 0. The second-order valence-corrected chi connectivity index (χ2v) is 4.19. The molecule has 0 aromatic carbocycles. The molecule has 0 atom stereocenters. The van der Waals surface area contributed by atoms with Crippen LogP contribution in [0.1, 0.15) is 48.0 Å². The molecule has 4 heteroatoms. The van der Waals surface area contributed by atoms with Crippen molar-refractivity contribution in [3.63, 3.8) is 0 Å². The highest BCUT2D eigenvalue weighted by Crippen LogP contribution is 1.96. The molecule has 0 aliphatic rings. The molecule has 0 rings (SSSR count). The highest BCUT2D eigenvalue weighted by molar-refractivity contribution is 5.80. The molecule has 0 radical (unpaired) electrons. The molecule has 0 aliphatic heterocycles. The van der Waals surface area contributed by atoms with Gasteiger partial charge in [0.2, 0.25) is 0 Å². The molecule has 0 unspecified atom stereocenters. The number of hydrogen-bond acceptors (Lipinski definition) is 4. The molecular formula is C13H28O4. The number of ketones is 2. The maximum Gasteiger partial charge on any atom is 0.137 e. The van der Waals surface area contributed by atoms with Crippen molar-refractivity contribution in [1.82, 2.24) is 0 Å². The largest absolute Gasteiger partial charge is 0.396 e. The maximum atomic E-state index is 10.6. The van der Waals surface area contributed by atoms with Crippen LogP contribution in [0.4, 0.5) is 0 Å². The molecule has 0 aromatic rings. The summed E-state index contributed by atoms with van der Waals surface area (Å²) in [5.41, 5.74) is 0. The zero-order chi connectivity index (χ0) is 13.1. The Kier molecular flexibility index (Phi) is 16.9. The fourth-order valence-electron chi connectivity index (χ4n) is 0.798. The second-order valence-electron chi connectivity index (χ2n) is 4.19. The lowest BCUT2D eigenvalue weighted by molar-refractivity contribution is -0.123. The predicted molar refractivity (Wildman–Crippen MR) is 69.8 cm³/mol. The van der Waals surface area contributed by atoms with Gasteiger partial charge in [-0.05, 0) is 0 Å². The van der Waals surface area contributed by atoms with Crippen LogP contribution in [0.2, 0.25) is 0 Å². The van der Waals surface area contributed by atoms with Gasteiger partial charge in [0.05, 0.1) is 0 Å². The van der Waals surface area contributed by atoms with Crippen molar-refractivity contribution in [2.45, 2.75) is 48.0 Å². The van der Waals surface area contributed by atoms with Gasteiger partial charge >= 0.3 is 0 Å². The molecule has 0 aliphatic carbocycles. The van der Waals surface area contributed by atoms with Crippen molar-refractivity contribution in [3.05, 3.63) is 0 Å². The monoisotopic (exact) mass is 248 g/mol. The highest BCUT2D eigenvalue weighted by Gasteiger charge is 2.04. The molecule has 2 N–H and O–H groups in total. The summed E-state index contributed by atoms with van der Waals surface area (Å²) >= 11 is 0. The van der Waals surface area contributed by atoms with E-state index >= 15 is 0 Å². The number of hydrogen-bond donors (Lipinski definition) is 2. The third-order valence-corrected chi connectivity index (χ3v) is 2.00. The molecule has 4 nitrogen and oxygen atoms in total. The number of rotatable bonds is 6. The van der Waals surface area contributed by atoms with E-state index in [1.165, 1.54) is 0 Å². The molecule has 0 fully saturated rings. The molecule has 0 amide bonds. The molecule has 0 heterocycles. The van der Waals surface area contributed by atoms with Crippen molar-refractivity contribution >= 4 is 11.6 Å². The average Bonchev–Trinajstić information content (AvgIpc) is 2.19. The van der Waals surface area contributed by atoms with Gasteiger partial charge in [-0.15, -0.1) is 0 Å². The molecule has 0 saturated carbocycles. The van der Waals surface area contributed by atoms with Crippen LogP contribution in [-0.4, -0.2) is 35.0 Å². The summed E-state index contributed by atoms with van der Waals surface area (Å²) in [5, 5.41) is 16.5. The van der Waals surface area contributed by atoms with Gasteiger partial charge in [-0.1, -0.05) is 35.1 Å². The Bertz CT molecular complexity index is 176. The van der Waals surface area contributed by atoms with Crippen LogP contribution in [-0.2, 0) is 9.59 Å². The van der Waals surface area contributed by atoms with E-state index in [1.54, 1.807) is 0 Å². The third-order valence-electron chi connectivity index (χ3n) is 2.00. The lowest BCUT2D eigenvalue weighted by Gasteiger charge is -1.98. The number of aliphatic hydroxyl groups is 2. The van der Waals surface area contributed by atoms with Gasteiger partial charge in [-0.3, -0.25) is 9.59 Å². The first-order valence-corrected chi connectivity index (χ1v) is 5.63. The average molecular weight is 248 g/mol. The quantitative estimate of drug-likeness (QED) is 0.752. The Balaban J connectivity index is -0.000000218. The van der Waals surface area contributed by atoms with Crippen LogP contribution in [0.3, 0.4) is 0 Å². The van der Waals surface area contributed by atoms with E-state index in [0.29, 0.717) is 12.8 Å². The first-order valence-electron chi connectivity index (χ1n) is 5.63. The Morgan fingerprint density at radius 3 is 1.12 bits per heavy atom. The number of Topliss-reactive ketones (excluding diaryl/α,β-unsaturated/α-hetero) is 2. The van der Waals surface area contributed by atoms with E-state index in [1.807, 2.05) is 27.7 Å². The minimum Gasteiger partial charge on any atom is -0.396 e. The summed E-state index contributed by atoms with van der Waals surface area (Å²) in [7, 11) is 0. The maximum absolute atomic E-state index is 10.6. The fraction of sp³-hybridized carbons (Fsp3) is 0.846. The third kappa shape index (κ3) is 15.3. The van der Waals surface area contributed by atoms with Gasteiger partial charge in [0.25, 0.3) is 0 Å². The number of carbonyl (C=O) groups is 2. The zero-order valence-electron chi connectivity index (χ0n) is 10.7. The van der Waals surface area contributed by atoms with Gasteiger partial charge in [0.15, 0.2) is 0 Å². The fourth-order valence-corrected chi connectivity index (χ4v) is 0.798. The Morgan fingerprint density at radius 2 is 1.06 bits per heavy atom. The Hall–Kier alpha value is -0.740. The van der Waals surface area contributed by atoms with Crippen LogP contribution in [0, 0.1) is 11.8 Å². The normalized spacial score (nSPS) is 9.41. The summed E-state index contributed by atoms with van der Waals surface area (Å²) in [5.74, 6) is 0.407. The highest BCUT2D eigenvalue weighted by atomic mass is 16.3. The van der Waals surface area contributed by atoms with Gasteiger partial charge in [-0.25, -0.2) is 0 Å². The smallest absolute Gasteiger partial charge is 0.137 e. The first-order chi connectivity index (χ1) is 7.36. The van der Waals surface area contributed by atoms with Crippen LogP contribution in [0.5, 0.6) is 0 Å². The number of aliphatic hydroxyl groups excluding tert-OH is 2. The second kappa shape index (κ2) is 13.3. The van der Waals surface area contributed by atoms with Crippen LogP contribution in [0.15, 0.2) is 0 Å². The van der Waals surface area contributed by atoms with E-state index in [2.05, 4.69) is 0 Å². The summed E-state index contributed by atoms with van der Waals surface area (Å²) < 4.78 is 0. The van der Waals surface area contributed by atoms with Crippen molar-refractivity contribution < 1.29 is 19.8 Å². The van der Waals surface area contributed by atoms with Crippen LogP contribution >= 0.6 is 0 Å². The van der Waals surface area contributed by atoms with E-state index in [-0.39, 0.29) is 44.0 Å². The summed E-state index contributed by atoms with van der Waals surface area (Å²) in [6, 6.07) is 0. The predicted octanol–water partition coefficient (Wildman–Crippen LogP) is 1.82. The van der Waals surface area contributed by atoms with Gasteiger partial charge in [0.1, 0.15) is 11.6 Å². The molecule has 104 valence electrons. The van der Waals surface area contributed by atoms with Crippen molar-refractivity contribution in [2.75, 3.05) is 13.2 Å². The van der Waals surface area contributed by atoms with Crippen LogP contribution in [0.25, 0.3) is 0 Å². The molecule has 17 heavy (non-hydrogen) atoms.